The Morgan fingerprint density at radius 3 is 2.73 bits per heavy atom. The molecule has 0 saturated heterocycles. The van der Waals surface area contributed by atoms with Crippen LogP contribution in [0.3, 0.4) is 0 Å². The lowest BCUT2D eigenvalue weighted by atomic mass is 10.1. The fourth-order valence-electron chi connectivity index (χ4n) is 1.19. The average Bonchev–Trinajstić information content (AvgIpc) is 2.26. The summed E-state index contributed by atoms with van der Waals surface area (Å²) in [6.07, 6.45) is -2.56. The number of nitrogens with zero attached hydrogens (tertiary/aromatic N) is 2. The van der Waals surface area contributed by atoms with E-state index in [1.807, 2.05) is 0 Å². The van der Waals surface area contributed by atoms with Crippen LogP contribution in [0.4, 0.5) is 8.78 Å². The molecule has 1 rings (SSSR count). The van der Waals surface area contributed by atoms with Crippen LogP contribution < -0.4 is 5.73 Å². The van der Waals surface area contributed by atoms with Gasteiger partial charge in [-0.1, -0.05) is 0 Å². The van der Waals surface area contributed by atoms with E-state index in [1.165, 1.54) is 0 Å². The summed E-state index contributed by atoms with van der Waals surface area (Å²) in [6.45, 7) is -0.240. The van der Waals surface area contributed by atoms with Gasteiger partial charge >= 0.3 is 0 Å². The molecule has 4 nitrogen and oxygen atoms in total. The maximum Gasteiger partial charge on any atom is 0.266 e. The van der Waals surface area contributed by atoms with Gasteiger partial charge in [-0.2, -0.15) is 5.26 Å². The zero-order chi connectivity index (χ0) is 11.4. The number of nitrogens with two attached hydrogens (primary N) is 1. The van der Waals surface area contributed by atoms with E-state index < -0.39 is 12.0 Å². The number of aromatic nitrogens is 1. The minimum absolute atomic E-state index is 0.0954. The van der Waals surface area contributed by atoms with Gasteiger partial charge in [0.25, 0.3) is 6.43 Å². The molecule has 0 aliphatic heterocycles. The Morgan fingerprint density at radius 1 is 1.67 bits per heavy atom. The Morgan fingerprint density at radius 2 is 2.33 bits per heavy atom. The van der Waals surface area contributed by atoms with Crippen LogP contribution in [0, 0.1) is 11.3 Å². The van der Waals surface area contributed by atoms with Crippen LogP contribution in [0.5, 0.6) is 0 Å². The largest absolute Gasteiger partial charge is 0.325 e. The van der Waals surface area contributed by atoms with Gasteiger partial charge in [0, 0.05) is 12.1 Å². The smallest absolute Gasteiger partial charge is 0.266 e. The van der Waals surface area contributed by atoms with E-state index >= 15 is 0 Å². The van der Waals surface area contributed by atoms with Crippen LogP contribution in [0.2, 0.25) is 0 Å². The summed E-state index contributed by atoms with van der Waals surface area (Å²) in [5, 5.41) is 8.55. The highest BCUT2D eigenvalue weighted by molar-refractivity contribution is 5.78. The van der Waals surface area contributed by atoms with Crippen LogP contribution in [0.1, 0.15) is 33.7 Å². The predicted molar refractivity (Wildman–Crippen MR) is 47.2 cm³/mol. The van der Waals surface area contributed by atoms with Crippen LogP contribution in [-0.4, -0.2) is 11.3 Å². The molecule has 15 heavy (non-hydrogen) atoms. The van der Waals surface area contributed by atoms with Crippen molar-refractivity contribution in [3.63, 3.8) is 0 Å². The average molecular weight is 211 g/mol. The molecule has 0 fully saturated rings. The van der Waals surface area contributed by atoms with Gasteiger partial charge in [0.1, 0.15) is 11.8 Å². The van der Waals surface area contributed by atoms with E-state index in [0.717, 1.165) is 6.07 Å². The van der Waals surface area contributed by atoms with Crippen molar-refractivity contribution < 1.29 is 13.6 Å². The number of hydrogen-bond donors (Lipinski definition) is 1. The quantitative estimate of drug-likeness (QED) is 0.761. The number of rotatable bonds is 3. The normalized spacial score (nSPS) is 10.1. The lowest BCUT2D eigenvalue weighted by Crippen LogP contribution is -2.09. The highest BCUT2D eigenvalue weighted by Gasteiger charge is 2.19. The van der Waals surface area contributed by atoms with E-state index in [9.17, 15) is 13.6 Å². The summed E-state index contributed by atoms with van der Waals surface area (Å²) < 4.78 is 25.1. The van der Waals surface area contributed by atoms with Crippen molar-refractivity contribution in [2.24, 2.45) is 5.73 Å². The molecule has 0 atom stereocenters. The zero-order valence-corrected chi connectivity index (χ0v) is 7.58. The van der Waals surface area contributed by atoms with E-state index in [2.05, 4.69) is 4.98 Å². The summed E-state index contributed by atoms with van der Waals surface area (Å²) in [5.41, 5.74) is 4.27. The first-order valence-electron chi connectivity index (χ1n) is 4.01. The van der Waals surface area contributed by atoms with Crippen LogP contribution in [0.25, 0.3) is 0 Å². The summed E-state index contributed by atoms with van der Waals surface area (Å²) in [4.78, 5) is 14.2. The molecule has 2 N–H and O–H groups in total. The molecule has 1 heterocycles. The van der Waals surface area contributed by atoms with E-state index in [4.69, 9.17) is 11.0 Å². The van der Waals surface area contributed by atoms with Gasteiger partial charge in [0.15, 0.2) is 6.29 Å². The first-order chi connectivity index (χ1) is 7.13. The molecule has 6 heteroatoms. The van der Waals surface area contributed by atoms with Gasteiger partial charge in [-0.15, -0.1) is 0 Å². The molecule has 0 aromatic carbocycles. The minimum Gasteiger partial charge on any atom is -0.325 e. The first kappa shape index (κ1) is 11.2. The monoisotopic (exact) mass is 211 g/mol. The highest BCUT2D eigenvalue weighted by Crippen LogP contribution is 2.25. The number of carbonyl (C=O) groups excluding carboxylic acids is 1. The fourth-order valence-corrected chi connectivity index (χ4v) is 1.19. The van der Waals surface area contributed by atoms with Crippen molar-refractivity contribution in [2.75, 3.05) is 0 Å². The summed E-state index contributed by atoms with van der Waals surface area (Å²) in [7, 11) is 0. The highest BCUT2D eigenvalue weighted by atomic mass is 19.3. The second-order valence-electron chi connectivity index (χ2n) is 2.69. The Labute approximate surface area is 84.3 Å². The number of nitriles is 1. The topological polar surface area (TPSA) is 79.8 Å². The Hall–Kier alpha value is -1.87. The van der Waals surface area contributed by atoms with E-state index in [-0.39, 0.29) is 29.8 Å². The number of alkyl halides is 2. The first-order valence-corrected chi connectivity index (χ1v) is 4.01. The molecule has 0 spiro atoms. The lowest BCUT2D eigenvalue weighted by Gasteiger charge is -2.08. The zero-order valence-electron chi connectivity index (χ0n) is 7.58. The van der Waals surface area contributed by atoms with Gasteiger partial charge in [0.05, 0.1) is 11.3 Å². The number of halogens is 2. The van der Waals surface area contributed by atoms with Crippen LogP contribution in [0.15, 0.2) is 6.07 Å². The van der Waals surface area contributed by atoms with Crippen LogP contribution in [-0.2, 0) is 6.54 Å². The standard InChI is InChI=1S/C9H7F2N3O/c10-9(11)8-5(4-15)1-6(2-12)14-7(8)3-13/h1,4,9H,3,13H2. The Kier molecular flexibility index (Phi) is 3.42. The molecule has 0 saturated carbocycles. The summed E-state index contributed by atoms with van der Waals surface area (Å²) >= 11 is 0. The van der Waals surface area contributed by atoms with Crippen molar-refractivity contribution in [2.45, 2.75) is 13.0 Å². The van der Waals surface area contributed by atoms with Gasteiger partial charge in [-0.3, -0.25) is 4.79 Å². The van der Waals surface area contributed by atoms with Gasteiger partial charge in [-0.05, 0) is 6.07 Å². The fraction of sp³-hybridized carbons (Fsp3) is 0.222. The second-order valence-corrected chi connectivity index (χ2v) is 2.69. The molecule has 0 radical (unpaired) electrons. The van der Waals surface area contributed by atoms with Crippen molar-refractivity contribution in [1.29, 1.82) is 5.26 Å². The molecule has 78 valence electrons. The third kappa shape index (κ3) is 2.14. The molecule has 0 amide bonds. The molecule has 0 bridgehead atoms. The Balaban J connectivity index is 3.47. The third-order valence-corrected chi connectivity index (χ3v) is 1.82. The molecule has 0 aliphatic carbocycles. The summed E-state index contributed by atoms with van der Waals surface area (Å²) in [5.74, 6) is 0. The number of hydrogen-bond acceptors (Lipinski definition) is 4. The van der Waals surface area contributed by atoms with E-state index in [0.29, 0.717) is 0 Å². The predicted octanol–water partition coefficient (Wildman–Crippen LogP) is 1.16. The minimum atomic E-state index is -2.83. The van der Waals surface area contributed by atoms with Crippen molar-refractivity contribution in [3.05, 3.63) is 28.6 Å². The van der Waals surface area contributed by atoms with Crippen molar-refractivity contribution in [1.82, 2.24) is 4.98 Å². The van der Waals surface area contributed by atoms with Gasteiger partial charge in [0.2, 0.25) is 0 Å². The maximum atomic E-state index is 12.6. The van der Waals surface area contributed by atoms with Gasteiger partial charge in [-0.25, -0.2) is 13.8 Å². The second kappa shape index (κ2) is 4.57. The molecule has 0 unspecified atom stereocenters. The maximum absolute atomic E-state index is 12.6. The molecular weight excluding hydrogens is 204 g/mol. The molecule has 1 aromatic heterocycles. The molecular formula is C9H7F2N3O. The van der Waals surface area contributed by atoms with E-state index in [1.54, 1.807) is 6.07 Å². The Bertz CT molecular complexity index is 426. The number of pyridine rings is 1. The SMILES string of the molecule is N#Cc1cc(C=O)c(C(F)F)c(CN)n1. The molecule has 0 aliphatic rings. The number of carbonyl (C=O) groups is 1. The van der Waals surface area contributed by atoms with Crippen molar-refractivity contribution in [3.8, 4) is 6.07 Å². The van der Waals surface area contributed by atoms with Crippen molar-refractivity contribution >= 4 is 6.29 Å². The van der Waals surface area contributed by atoms with Crippen LogP contribution >= 0.6 is 0 Å². The molecule has 1 aromatic rings. The number of aldehydes is 1. The van der Waals surface area contributed by atoms with Gasteiger partial charge < -0.3 is 5.73 Å². The summed E-state index contributed by atoms with van der Waals surface area (Å²) in [6, 6.07) is 2.69. The third-order valence-electron chi connectivity index (χ3n) is 1.82. The lowest BCUT2D eigenvalue weighted by molar-refractivity contribution is 0.110.